The summed E-state index contributed by atoms with van der Waals surface area (Å²) in [7, 11) is 1.64. The molecule has 72 valence electrons. The van der Waals surface area contributed by atoms with Crippen LogP contribution in [-0.4, -0.2) is 28.5 Å². The second-order valence-electron chi connectivity index (χ2n) is 3.29. The molecule has 1 unspecified atom stereocenters. The van der Waals surface area contributed by atoms with Crippen molar-refractivity contribution >= 4 is 0 Å². The first kappa shape index (κ1) is 8.65. The Bertz CT molecular complexity index is 296. The number of hydrogen-bond donors (Lipinski definition) is 1. The van der Waals surface area contributed by atoms with Crippen LogP contribution in [0.1, 0.15) is 24.1 Å². The molecule has 0 spiro atoms. The van der Waals surface area contributed by atoms with Crippen LogP contribution in [0, 0.1) is 0 Å². The molecule has 1 atom stereocenters. The van der Waals surface area contributed by atoms with Gasteiger partial charge in [0.15, 0.2) is 5.82 Å². The Labute approximate surface area is 76.9 Å². The average Bonchev–Trinajstić information content (AvgIpc) is 2.62. The van der Waals surface area contributed by atoms with Crippen molar-refractivity contribution in [1.29, 1.82) is 0 Å². The zero-order valence-corrected chi connectivity index (χ0v) is 7.73. The number of fused-ring (bicyclic) bond motifs is 1. The molecule has 0 aromatic carbocycles. The van der Waals surface area contributed by atoms with Gasteiger partial charge in [0.1, 0.15) is 5.82 Å². The number of nitrogens with zero attached hydrogens (tertiary/aromatic N) is 3. The second kappa shape index (κ2) is 3.43. The fraction of sp³-hybridized carbons (Fsp3) is 0.750. The van der Waals surface area contributed by atoms with Crippen LogP contribution in [-0.2, 0) is 17.7 Å². The highest BCUT2D eigenvalue weighted by Gasteiger charge is 2.21. The SMILES string of the molecule is COCC(N)c1nnc2n1CCC2. The van der Waals surface area contributed by atoms with Crippen LogP contribution in [0.15, 0.2) is 0 Å². The van der Waals surface area contributed by atoms with E-state index < -0.39 is 0 Å². The Morgan fingerprint density at radius 2 is 2.46 bits per heavy atom. The van der Waals surface area contributed by atoms with E-state index in [0.29, 0.717) is 6.61 Å². The molecular weight excluding hydrogens is 168 g/mol. The van der Waals surface area contributed by atoms with E-state index in [0.717, 1.165) is 31.0 Å². The van der Waals surface area contributed by atoms with Gasteiger partial charge in [0, 0.05) is 20.1 Å². The molecule has 0 aliphatic carbocycles. The van der Waals surface area contributed by atoms with Crippen molar-refractivity contribution in [3.8, 4) is 0 Å². The summed E-state index contributed by atoms with van der Waals surface area (Å²) in [6, 6.07) is -0.149. The fourth-order valence-electron chi connectivity index (χ4n) is 1.70. The Morgan fingerprint density at radius 3 is 3.23 bits per heavy atom. The molecule has 0 saturated heterocycles. The van der Waals surface area contributed by atoms with Gasteiger partial charge in [-0.05, 0) is 6.42 Å². The van der Waals surface area contributed by atoms with Crippen molar-refractivity contribution in [2.24, 2.45) is 5.73 Å². The molecular formula is C8H14N4O. The van der Waals surface area contributed by atoms with E-state index in [1.54, 1.807) is 7.11 Å². The lowest BCUT2D eigenvalue weighted by molar-refractivity contribution is 0.176. The van der Waals surface area contributed by atoms with Crippen LogP contribution in [0.2, 0.25) is 0 Å². The summed E-state index contributed by atoms with van der Waals surface area (Å²) in [5.41, 5.74) is 5.87. The maximum atomic E-state index is 5.87. The Balaban J connectivity index is 2.20. The van der Waals surface area contributed by atoms with Crippen molar-refractivity contribution < 1.29 is 4.74 Å². The van der Waals surface area contributed by atoms with Gasteiger partial charge in [-0.2, -0.15) is 0 Å². The van der Waals surface area contributed by atoms with Crippen LogP contribution in [0.25, 0.3) is 0 Å². The predicted molar refractivity (Wildman–Crippen MR) is 47.1 cm³/mol. The van der Waals surface area contributed by atoms with Crippen LogP contribution >= 0.6 is 0 Å². The number of rotatable bonds is 3. The van der Waals surface area contributed by atoms with Gasteiger partial charge in [0.2, 0.25) is 0 Å². The normalized spacial score (nSPS) is 17.4. The van der Waals surface area contributed by atoms with Gasteiger partial charge in [-0.15, -0.1) is 10.2 Å². The first-order chi connectivity index (χ1) is 6.33. The molecule has 0 radical (unpaired) electrons. The van der Waals surface area contributed by atoms with Crippen molar-refractivity contribution in [1.82, 2.24) is 14.8 Å². The molecule has 0 saturated carbocycles. The number of nitrogens with two attached hydrogens (primary N) is 1. The monoisotopic (exact) mass is 182 g/mol. The summed E-state index contributed by atoms with van der Waals surface area (Å²) >= 11 is 0. The molecule has 2 heterocycles. The van der Waals surface area contributed by atoms with E-state index >= 15 is 0 Å². The minimum atomic E-state index is -0.149. The topological polar surface area (TPSA) is 66.0 Å². The summed E-state index contributed by atoms with van der Waals surface area (Å²) < 4.78 is 7.08. The maximum Gasteiger partial charge on any atom is 0.152 e. The summed E-state index contributed by atoms with van der Waals surface area (Å²) in [6.07, 6.45) is 2.17. The van der Waals surface area contributed by atoms with Gasteiger partial charge in [-0.3, -0.25) is 0 Å². The molecule has 0 amide bonds. The van der Waals surface area contributed by atoms with Gasteiger partial charge >= 0.3 is 0 Å². The van der Waals surface area contributed by atoms with E-state index in [-0.39, 0.29) is 6.04 Å². The highest BCUT2D eigenvalue weighted by Crippen LogP contribution is 2.17. The Hall–Kier alpha value is -0.940. The first-order valence-electron chi connectivity index (χ1n) is 4.49. The molecule has 5 heteroatoms. The number of aryl methyl sites for hydroxylation is 1. The van der Waals surface area contributed by atoms with E-state index in [4.69, 9.17) is 10.5 Å². The highest BCUT2D eigenvalue weighted by atomic mass is 16.5. The average molecular weight is 182 g/mol. The molecule has 13 heavy (non-hydrogen) atoms. The zero-order valence-electron chi connectivity index (χ0n) is 7.73. The lowest BCUT2D eigenvalue weighted by atomic mass is 10.3. The molecule has 5 nitrogen and oxygen atoms in total. The van der Waals surface area contributed by atoms with Gasteiger partial charge in [0.25, 0.3) is 0 Å². The molecule has 2 rings (SSSR count). The van der Waals surface area contributed by atoms with E-state index in [1.165, 1.54) is 0 Å². The standard InChI is InChI=1S/C8H14N4O/c1-13-5-6(9)8-11-10-7-3-2-4-12(7)8/h6H,2-5,9H2,1H3. The maximum absolute atomic E-state index is 5.87. The molecule has 0 bridgehead atoms. The summed E-state index contributed by atoms with van der Waals surface area (Å²) in [5.74, 6) is 1.91. The fourth-order valence-corrected chi connectivity index (χ4v) is 1.70. The third kappa shape index (κ3) is 1.45. The molecule has 0 fully saturated rings. The van der Waals surface area contributed by atoms with E-state index in [9.17, 15) is 0 Å². The first-order valence-corrected chi connectivity index (χ1v) is 4.49. The molecule has 1 aliphatic rings. The minimum Gasteiger partial charge on any atom is -0.383 e. The Morgan fingerprint density at radius 1 is 1.62 bits per heavy atom. The third-order valence-electron chi connectivity index (χ3n) is 2.32. The van der Waals surface area contributed by atoms with Crippen LogP contribution in [0.5, 0.6) is 0 Å². The largest absolute Gasteiger partial charge is 0.383 e. The molecule has 1 aliphatic heterocycles. The van der Waals surface area contributed by atoms with E-state index in [2.05, 4.69) is 14.8 Å². The third-order valence-corrected chi connectivity index (χ3v) is 2.32. The van der Waals surface area contributed by atoms with Crippen molar-refractivity contribution in [3.63, 3.8) is 0 Å². The molecule has 2 N–H and O–H groups in total. The van der Waals surface area contributed by atoms with Crippen LogP contribution < -0.4 is 5.73 Å². The lowest BCUT2D eigenvalue weighted by Crippen LogP contribution is -2.20. The predicted octanol–water partition coefficient (Wildman–Crippen LogP) is -0.130. The van der Waals surface area contributed by atoms with Crippen molar-refractivity contribution in [2.75, 3.05) is 13.7 Å². The molecule has 1 aromatic rings. The van der Waals surface area contributed by atoms with Gasteiger partial charge in [-0.25, -0.2) is 0 Å². The van der Waals surface area contributed by atoms with Crippen molar-refractivity contribution in [3.05, 3.63) is 11.6 Å². The number of methoxy groups -OCH3 is 1. The summed E-state index contributed by atoms with van der Waals surface area (Å²) in [4.78, 5) is 0. The van der Waals surface area contributed by atoms with Gasteiger partial charge in [-0.1, -0.05) is 0 Å². The summed E-state index contributed by atoms with van der Waals surface area (Å²) in [6.45, 7) is 1.49. The van der Waals surface area contributed by atoms with Gasteiger partial charge < -0.3 is 15.0 Å². The van der Waals surface area contributed by atoms with Gasteiger partial charge in [0.05, 0.1) is 12.6 Å². The number of ether oxygens (including phenoxy) is 1. The minimum absolute atomic E-state index is 0.149. The second-order valence-corrected chi connectivity index (χ2v) is 3.29. The quantitative estimate of drug-likeness (QED) is 0.707. The smallest absolute Gasteiger partial charge is 0.152 e. The molecule has 1 aromatic heterocycles. The van der Waals surface area contributed by atoms with E-state index in [1.807, 2.05) is 0 Å². The Kier molecular flexibility index (Phi) is 2.28. The number of hydrogen-bond acceptors (Lipinski definition) is 4. The summed E-state index contributed by atoms with van der Waals surface area (Å²) in [5, 5.41) is 8.14. The van der Waals surface area contributed by atoms with Crippen molar-refractivity contribution in [2.45, 2.75) is 25.4 Å². The van der Waals surface area contributed by atoms with Crippen LogP contribution in [0.3, 0.4) is 0 Å². The lowest BCUT2D eigenvalue weighted by Gasteiger charge is -2.09. The van der Waals surface area contributed by atoms with Crippen LogP contribution in [0.4, 0.5) is 0 Å². The zero-order chi connectivity index (χ0) is 9.26. The highest BCUT2D eigenvalue weighted by molar-refractivity contribution is 5.04. The number of aromatic nitrogens is 3.